The van der Waals surface area contributed by atoms with Gasteiger partial charge in [-0.2, -0.15) is 0 Å². The molecule has 0 unspecified atom stereocenters. The Balaban J connectivity index is 2.14. The Bertz CT molecular complexity index is 901. The number of hydrogen-bond acceptors (Lipinski definition) is 8. The van der Waals surface area contributed by atoms with E-state index in [1.54, 1.807) is 18.2 Å². The van der Waals surface area contributed by atoms with E-state index in [-0.39, 0.29) is 5.56 Å². The highest BCUT2D eigenvalue weighted by molar-refractivity contribution is 5.97. The van der Waals surface area contributed by atoms with Gasteiger partial charge in [0.05, 0.1) is 45.3 Å². The topological polar surface area (TPSA) is 102 Å². The van der Waals surface area contributed by atoms with Crippen molar-refractivity contribution in [2.45, 2.75) is 20.8 Å². The molecule has 2 rings (SSSR count). The van der Waals surface area contributed by atoms with E-state index in [2.05, 4.69) is 5.32 Å². The standard InChI is InChI=1S/C23H29NO8/c1-6-29-19-11-15(12-20(30-7-2)22(19)31-8-3)23(26)32-14-21(25)24-17-13-16(27-4)9-10-18(17)28-5/h9-13H,6-8,14H2,1-5H3,(H,24,25). The van der Waals surface area contributed by atoms with Gasteiger partial charge in [0.25, 0.3) is 5.91 Å². The monoisotopic (exact) mass is 447 g/mol. The molecule has 0 fully saturated rings. The SMILES string of the molecule is CCOc1cc(C(=O)OCC(=O)Nc2cc(OC)ccc2OC)cc(OCC)c1OCC. The fourth-order valence-corrected chi connectivity index (χ4v) is 2.82. The van der Waals surface area contributed by atoms with Crippen molar-refractivity contribution in [1.82, 2.24) is 0 Å². The van der Waals surface area contributed by atoms with Crippen molar-refractivity contribution in [3.05, 3.63) is 35.9 Å². The Morgan fingerprint density at radius 1 is 0.812 bits per heavy atom. The third-order valence-electron chi connectivity index (χ3n) is 4.16. The fourth-order valence-electron chi connectivity index (χ4n) is 2.82. The molecule has 2 aromatic rings. The van der Waals surface area contributed by atoms with E-state index >= 15 is 0 Å². The van der Waals surface area contributed by atoms with Crippen LogP contribution in [-0.4, -0.2) is 52.5 Å². The summed E-state index contributed by atoms with van der Waals surface area (Å²) in [7, 11) is 2.99. The van der Waals surface area contributed by atoms with Crippen molar-refractivity contribution in [2.24, 2.45) is 0 Å². The van der Waals surface area contributed by atoms with E-state index in [9.17, 15) is 9.59 Å². The number of rotatable bonds is 12. The van der Waals surface area contributed by atoms with Crippen LogP contribution in [0, 0.1) is 0 Å². The number of carbonyl (C=O) groups is 2. The molecule has 9 nitrogen and oxygen atoms in total. The number of amides is 1. The first-order valence-corrected chi connectivity index (χ1v) is 10.2. The van der Waals surface area contributed by atoms with Crippen LogP contribution < -0.4 is 29.0 Å². The summed E-state index contributed by atoms with van der Waals surface area (Å²) in [6.45, 7) is 6.11. The highest BCUT2D eigenvalue weighted by atomic mass is 16.5. The first kappa shape index (κ1) is 24.6. The van der Waals surface area contributed by atoms with Crippen LogP contribution in [0.4, 0.5) is 5.69 Å². The predicted molar refractivity (Wildman–Crippen MR) is 118 cm³/mol. The van der Waals surface area contributed by atoms with Gasteiger partial charge in [-0.1, -0.05) is 0 Å². The molecule has 0 heterocycles. The van der Waals surface area contributed by atoms with Gasteiger partial charge in [0.15, 0.2) is 18.1 Å². The van der Waals surface area contributed by atoms with Gasteiger partial charge in [-0.05, 0) is 45.0 Å². The second kappa shape index (κ2) is 12.3. The minimum absolute atomic E-state index is 0.173. The maximum atomic E-state index is 12.6. The van der Waals surface area contributed by atoms with Crippen molar-refractivity contribution in [3.8, 4) is 28.7 Å². The molecule has 0 saturated heterocycles. The summed E-state index contributed by atoms with van der Waals surface area (Å²) in [5.74, 6) is 0.874. The number of nitrogens with one attached hydrogen (secondary N) is 1. The van der Waals surface area contributed by atoms with Gasteiger partial charge in [-0.15, -0.1) is 0 Å². The number of ether oxygens (including phenoxy) is 6. The van der Waals surface area contributed by atoms with Crippen molar-refractivity contribution in [2.75, 3.05) is 46.0 Å². The van der Waals surface area contributed by atoms with E-state index in [0.29, 0.717) is 54.3 Å². The minimum atomic E-state index is -0.706. The molecule has 0 aliphatic rings. The molecular weight excluding hydrogens is 418 g/mol. The summed E-state index contributed by atoms with van der Waals surface area (Å²) in [4.78, 5) is 24.9. The summed E-state index contributed by atoms with van der Waals surface area (Å²) >= 11 is 0. The second-order valence-electron chi connectivity index (χ2n) is 6.29. The largest absolute Gasteiger partial charge is 0.497 e. The van der Waals surface area contributed by atoms with Crippen molar-refractivity contribution in [1.29, 1.82) is 0 Å². The van der Waals surface area contributed by atoms with Crippen molar-refractivity contribution in [3.63, 3.8) is 0 Å². The Hall–Kier alpha value is -3.62. The predicted octanol–water partition coefficient (Wildman–Crippen LogP) is 3.70. The normalized spacial score (nSPS) is 10.2. The van der Waals surface area contributed by atoms with Crippen LogP contribution in [0.3, 0.4) is 0 Å². The zero-order valence-corrected chi connectivity index (χ0v) is 19.0. The molecule has 9 heteroatoms. The average molecular weight is 447 g/mol. The third-order valence-corrected chi connectivity index (χ3v) is 4.16. The smallest absolute Gasteiger partial charge is 0.338 e. The van der Waals surface area contributed by atoms with Gasteiger partial charge < -0.3 is 33.7 Å². The summed E-state index contributed by atoms with van der Waals surface area (Å²) < 4.78 is 32.4. The first-order chi connectivity index (χ1) is 15.5. The highest BCUT2D eigenvalue weighted by Crippen LogP contribution is 2.39. The molecule has 0 saturated carbocycles. The molecule has 2 aromatic carbocycles. The highest BCUT2D eigenvalue weighted by Gasteiger charge is 2.20. The number of esters is 1. The molecule has 0 atom stereocenters. The lowest BCUT2D eigenvalue weighted by Crippen LogP contribution is -2.21. The van der Waals surface area contributed by atoms with E-state index in [1.165, 1.54) is 26.4 Å². The third kappa shape index (κ3) is 6.44. The summed E-state index contributed by atoms with van der Waals surface area (Å²) in [5.41, 5.74) is 0.568. The number of methoxy groups -OCH3 is 2. The quantitative estimate of drug-likeness (QED) is 0.492. The molecule has 174 valence electrons. The molecule has 0 aliphatic carbocycles. The second-order valence-corrected chi connectivity index (χ2v) is 6.29. The Morgan fingerprint density at radius 3 is 1.97 bits per heavy atom. The minimum Gasteiger partial charge on any atom is -0.497 e. The molecule has 0 spiro atoms. The molecule has 0 aliphatic heterocycles. The molecular formula is C23H29NO8. The number of carbonyl (C=O) groups excluding carboxylic acids is 2. The molecule has 1 N–H and O–H groups in total. The van der Waals surface area contributed by atoms with E-state index in [4.69, 9.17) is 28.4 Å². The number of anilines is 1. The van der Waals surface area contributed by atoms with Crippen LogP contribution in [0.15, 0.2) is 30.3 Å². The van der Waals surface area contributed by atoms with Crippen molar-refractivity contribution < 1.29 is 38.0 Å². The first-order valence-electron chi connectivity index (χ1n) is 10.2. The zero-order valence-electron chi connectivity index (χ0n) is 19.0. The van der Waals surface area contributed by atoms with Gasteiger partial charge in [0.2, 0.25) is 5.75 Å². The lowest BCUT2D eigenvalue weighted by molar-refractivity contribution is -0.119. The fraction of sp³-hybridized carbons (Fsp3) is 0.391. The maximum absolute atomic E-state index is 12.6. The van der Waals surface area contributed by atoms with Gasteiger partial charge in [-0.3, -0.25) is 4.79 Å². The van der Waals surface area contributed by atoms with Crippen LogP contribution in [0.2, 0.25) is 0 Å². The van der Waals surface area contributed by atoms with Gasteiger partial charge in [0.1, 0.15) is 11.5 Å². The van der Waals surface area contributed by atoms with Crippen LogP contribution >= 0.6 is 0 Å². The summed E-state index contributed by atoms with van der Waals surface area (Å²) in [6, 6.07) is 7.97. The zero-order chi connectivity index (χ0) is 23.5. The van der Waals surface area contributed by atoms with Crippen LogP contribution in [0.5, 0.6) is 28.7 Å². The van der Waals surface area contributed by atoms with Crippen LogP contribution in [-0.2, 0) is 9.53 Å². The Kier molecular flexibility index (Phi) is 9.46. The maximum Gasteiger partial charge on any atom is 0.338 e. The van der Waals surface area contributed by atoms with E-state index in [0.717, 1.165) is 0 Å². The molecule has 0 radical (unpaired) electrons. The Morgan fingerprint density at radius 2 is 1.44 bits per heavy atom. The van der Waals surface area contributed by atoms with Gasteiger partial charge in [0, 0.05) is 6.07 Å². The summed E-state index contributed by atoms with van der Waals surface area (Å²) in [6.07, 6.45) is 0. The molecule has 0 aromatic heterocycles. The molecule has 32 heavy (non-hydrogen) atoms. The number of hydrogen-bond donors (Lipinski definition) is 1. The van der Waals surface area contributed by atoms with Crippen LogP contribution in [0.25, 0.3) is 0 Å². The van der Waals surface area contributed by atoms with Crippen molar-refractivity contribution >= 4 is 17.6 Å². The molecule has 0 bridgehead atoms. The number of benzene rings is 2. The van der Waals surface area contributed by atoms with E-state index in [1.807, 2.05) is 20.8 Å². The van der Waals surface area contributed by atoms with Gasteiger partial charge in [-0.25, -0.2) is 4.79 Å². The average Bonchev–Trinajstić information content (AvgIpc) is 2.79. The summed E-state index contributed by atoms with van der Waals surface area (Å²) in [5, 5.41) is 2.64. The lowest BCUT2D eigenvalue weighted by atomic mass is 10.2. The van der Waals surface area contributed by atoms with E-state index < -0.39 is 18.5 Å². The molecule has 1 amide bonds. The van der Waals surface area contributed by atoms with Gasteiger partial charge >= 0.3 is 5.97 Å². The lowest BCUT2D eigenvalue weighted by Gasteiger charge is -2.17. The Labute approximate surface area is 187 Å². The van der Waals surface area contributed by atoms with Crippen LogP contribution in [0.1, 0.15) is 31.1 Å².